The van der Waals surface area contributed by atoms with Crippen molar-refractivity contribution < 1.29 is 0 Å². The maximum Gasteiger partial charge on any atom is 0.0713 e. The van der Waals surface area contributed by atoms with E-state index in [0.29, 0.717) is 0 Å². The predicted octanol–water partition coefficient (Wildman–Crippen LogP) is 9.80. The molecule has 6 aromatic carbocycles. The molecule has 0 spiro atoms. The maximum absolute atomic E-state index is 2.46. The standard InChI is InChI=1S/C38H30/c1-25-12-18-30(19-13-25)38(31-20-14-26(2)15-21-31)36-10-5-4-8-33(36)34-22-17-29(24-37(34)38)32-9-6-7-28-16-11-27(3)23-35(28)32/h4-24H,1-3H3. The number of hydrogen-bond donors (Lipinski definition) is 0. The third-order valence-corrected chi connectivity index (χ3v) is 8.36. The Hall–Kier alpha value is -4.42. The Morgan fingerprint density at radius 3 is 1.74 bits per heavy atom. The normalized spacial score (nSPS) is 13.3. The summed E-state index contributed by atoms with van der Waals surface area (Å²) in [6, 6.07) is 47.9. The number of rotatable bonds is 3. The SMILES string of the molecule is Cc1ccc(C2(c3ccc(C)cc3)c3ccccc3-c3ccc(-c4cccc5ccc(C)cc45)cc32)cc1. The lowest BCUT2D eigenvalue weighted by molar-refractivity contribution is 0.768. The van der Waals surface area contributed by atoms with Crippen LogP contribution in [0.1, 0.15) is 38.9 Å². The van der Waals surface area contributed by atoms with Crippen molar-refractivity contribution in [2.24, 2.45) is 0 Å². The van der Waals surface area contributed by atoms with E-state index in [2.05, 4.69) is 148 Å². The Morgan fingerprint density at radius 2 is 1.03 bits per heavy atom. The van der Waals surface area contributed by atoms with Gasteiger partial charge in [-0.15, -0.1) is 0 Å². The largest absolute Gasteiger partial charge is 0.0713 e. The molecule has 1 aliphatic carbocycles. The second-order valence-electron chi connectivity index (χ2n) is 10.8. The summed E-state index contributed by atoms with van der Waals surface area (Å²) in [5.41, 5.74) is 14.0. The lowest BCUT2D eigenvalue weighted by atomic mass is 9.67. The van der Waals surface area contributed by atoms with E-state index in [1.165, 1.54) is 72.0 Å². The highest BCUT2D eigenvalue weighted by atomic mass is 14.5. The summed E-state index contributed by atoms with van der Waals surface area (Å²) < 4.78 is 0. The van der Waals surface area contributed by atoms with Gasteiger partial charge in [0.1, 0.15) is 0 Å². The fraction of sp³-hybridized carbons (Fsp3) is 0.105. The molecule has 7 rings (SSSR count). The summed E-state index contributed by atoms with van der Waals surface area (Å²) in [6.45, 7) is 6.51. The molecule has 0 heteroatoms. The molecule has 6 aromatic rings. The van der Waals surface area contributed by atoms with Crippen LogP contribution in [0.5, 0.6) is 0 Å². The van der Waals surface area contributed by atoms with Crippen molar-refractivity contribution in [3.05, 3.63) is 166 Å². The van der Waals surface area contributed by atoms with Crippen molar-refractivity contribution in [3.63, 3.8) is 0 Å². The molecule has 0 atom stereocenters. The first-order valence-electron chi connectivity index (χ1n) is 13.4. The van der Waals surface area contributed by atoms with Gasteiger partial charge < -0.3 is 0 Å². The minimum atomic E-state index is -0.385. The summed E-state index contributed by atoms with van der Waals surface area (Å²) in [6.07, 6.45) is 0. The van der Waals surface area contributed by atoms with E-state index in [4.69, 9.17) is 0 Å². The summed E-state index contributed by atoms with van der Waals surface area (Å²) >= 11 is 0. The van der Waals surface area contributed by atoms with E-state index in [0.717, 1.165) is 0 Å². The minimum absolute atomic E-state index is 0.385. The zero-order chi connectivity index (χ0) is 25.9. The molecule has 182 valence electrons. The van der Waals surface area contributed by atoms with Crippen LogP contribution in [0.25, 0.3) is 33.0 Å². The molecular formula is C38H30. The molecule has 0 heterocycles. The van der Waals surface area contributed by atoms with Crippen LogP contribution in [0.2, 0.25) is 0 Å². The number of fused-ring (bicyclic) bond motifs is 4. The van der Waals surface area contributed by atoms with Crippen LogP contribution in [0, 0.1) is 20.8 Å². The molecule has 0 bridgehead atoms. The van der Waals surface area contributed by atoms with Crippen LogP contribution in [-0.4, -0.2) is 0 Å². The van der Waals surface area contributed by atoms with Gasteiger partial charge in [-0.25, -0.2) is 0 Å². The molecule has 0 saturated carbocycles. The Bertz CT molecular complexity index is 1770. The quantitative estimate of drug-likeness (QED) is 0.233. The highest BCUT2D eigenvalue weighted by molar-refractivity contribution is 5.98. The summed E-state index contributed by atoms with van der Waals surface area (Å²) in [5.74, 6) is 0. The van der Waals surface area contributed by atoms with Crippen LogP contribution < -0.4 is 0 Å². The van der Waals surface area contributed by atoms with Crippen molar-refractivity contribution in [2.75, 3.05) is 0 Å². The van der Waals surface area contributed by atoms with E-state index in [1.807, 2.05) is 0 Å². The zero-order valence-corrected chi connectivity index (χ0v) is 22.1. The van der Waals surface area contributed by atoms with Crippen LogP contribution in [0.3, 0.4) is 0 Å². The number of hydrogen-bond acceptors (Lipinski definition) is 0. The van der Waals surface area contributed by atoms with Crippen LogP contribution in [-0.2, 0) is 5.41 Å². The van der Waals surface area contributed by atoms with Gasteiger partial charge in [0.05, 0.1) is 5.41 Å². The van der Waals surface area contributed by atoms with Gasteiger partial charge in [0.25, 0.3) is 0 Å². The second-order valence-corrected chi connectivity index (χ2v) is 10.8. The number of benzene rings is 6. The molecule has 0 N–H and O–H groups in total. The molecule has 38 heavy (non-hydrogen) atoms. The predicted molar refractivity (Wildman–Crippen MR) is 161 cm³/mol. The average Bonchev–Trinajstić information content (AvgIpc) is 3.24. The van der Waals surface area contributed by atoms with E-state index >= 15 is 0 Å². The van der Waals surface area contributed by atoms with Crippen molar-refractivity contribution in [3.8, 4) is 22.3 Å². The summed E-state index contributed by atoms with van der Waals surface area (Å²) in [7, 11) is 0. The van der Waals surface area contributed by atoms with Crippen LogP contribution in [0.15, 0.2) is 127 Å². The first kappa shape index (κ1) is 22.8. The first-order valence-corrected chi connectivity index (χ1v) is 13.4. The molecule has 0 aliphatic heterocycles. The second kappa shape index (κ2) is 8.57. The van der Waals surface area contributed by atoms with E-state index in [1.54, 1.807) is 0 Å². The Labute approximate surface area is 225 Å². The molecule has 0 saturated heterocycles. The maximum atomic E-state index is 2.46. The number of aryl methyl sites for hydroxylation is 3. The third kappa shape index (κ3) is 3.30. The van der Waals surface area contributed by atoms with Gasteiger partial charge in [-0.3, -0.25) is 0 Å². The fourth-order valence-electron chi connectivity index (χ4n) is 6.48. The summed E-state index contributed by atoms with van der Waals surface area (Å²) in [5, 5.41) is 2.58. The van der Waals surface area contributed by atoms with Crippen molar-refractivity contribution in [1.82, 2.24) is 0 Å². The van der Waals surface area contributed by atoms with Gasteiger partial charge >= 0.3 is 0 Å². The van der Waals surface area contributed by atoms with Crippen molar-refractivity contribution in [1.29, 1.82) is 0 Å². The molecule has 0 fully saturated rings. The monoisotopic (exact) mass is 486 g/mol. The van der Waals surface area contributed by atoms with Crippen molar-refractivity contribution in [2.45, 2.75) is 26.2 Å². The molecule has 1 aliphatic rings. The van der Waals surface area contributed by atoms with Gasteiger partial charge in [0, 0.05) is 0 Å². The molecule has 0 radical (unpaired) electrons. The van der Waals surface area contributed by atoms with Gasteiger partial charge in [-0.1, -0.05) is 138 Å². The molecule has 0 aromatic heterocycles. The van der Waals surface area contributed by atoms with Crippen LogP contribution >= 0.6 is 0 Å². The van der Waals surface area contributed by atoms with Gasteiger partial charge in [0.2, 0.25) is 0 Å². The molecule has 0 amide bonds. The van der Waals surface area contributed by atoms with Crippen LogP contribution in [0.4, 0.5) is 0 Å². The topological polar surface area (TPSA) is 0 Å². The minimum Gasteiger partial charge on any atom is -0.0619 e. The molecular weight excluding hydrogens is 456 g/mol. The Morgan fingerprint density at radius 1 is 0.421 bits per heavy atom. The molecule has 0 unspecified atom stereocenters. The fourth-order valence-corrected chi connectivity index (χ4v) is 6.48. The first-order chi connectivity index (χ1) is 18.6. The van der Waals surface area contributed by atoms with E-state index in [9.17, 15) is 0 Å². The highest BCUT2D eigenvalue weighted by Gasteiger charge is 2.46. The van der Waals surface area contributed by atoms with Gasteiger partial charge in [-0.05, 0) is 82.1 Å². The van der Waals surface area contributed by atoms with Gasteiger partial charge in [0.15, 0.2) is 0 Å². The van der Waals surface area contributed by atoms with E-state index < -0.39 is 0 Å². The summed E-state index contributed by atoms with van der Waals surface area (Å²) in [4.78, 5) is 0. The lowest BCUT2D eigenvalue weighted by Gasteiger charge is -2.34. The zero-order valence-electron chi connectivity index (χ0n) is 22.1. The smallest absolute Gasteiger partial charge is 0.0619 e. The third-order valence-electron chi connectivity index (χ3n) is 8.36. The Balaban J connectivity index is 1.58. The Kier molecular flexibility index (Phi) is 5.13. The molecule has 0 nitrogen and oxygen atoms in total. The lowest BCUT2D eigenvalue weighted by Crippen LogP contribution is -2.28. The van der Waals surface area contributed by atoms with E-state index in [-0.39, 0.29) is 5.41 Å². The average molecular weight is 487 g/mol. The highest BCUT2D eigenvalue weighted by Crippen LogP contribution is 2.56. The van der Waals surface area contributed by atoms with Gasteiger partial charge in [-0.2, -0.15) is 0 Å². The van der Waals surface area contributed by atoms with Crippen molar-refractivity contribution >= 4 is 10.8 Å².